The number of hydrogen-bond acceptors (Lipinski definition) is 3. The molecule has 2 heterocycles. The molecule has 3 aliphatic rings. The first-order valence-electron chi connectivity index (χ1n) is 16.2. The lowest BCUT2D eigenvalue weighted by Gasteiger charge is -2.22. The summed E-state index contributed by atoms with van der Waals surface area (Å²) < 4.78 is 39.8. The van der Waals surface area contributed by atoms with Crippen molar-refractivity contribution in [3.05, 3.63) is 129 Å². The molecule has 3 aromatic carbocycles. The molecule has 0 spiro atoms. The van der Waals surface area contributed by atoms with Crippen LogP contribution in [0, 0.1) is 0 Å². The van der Waals surface area contributed by atoms with E-state index in [1.165, 1.54) is 35.6 Å². The molecule has 0 atom stereocenters. The van der Waals surface area contributed by atoms with Crippen LogP contribution in [0.4, 0.5) is 13.2 Å². The van der Waals surface area contributed by atoms with Crippen molar-refractivity contribution in [2.24, 2.45) is 0 Å². The molecule has 0 radical (unpaired) electrons. The maximum atomic E-state index is 13.6. The number of aryl methyl sites for hydroxylation is 1. The average molecular weight is 624 g/mol. The molecule has 1 amide bonds. The van der Waals surface area contributed by atoms with Crippen molar-refractivity contribution >= 4 is 11.5 Å². The molecule has 0 unspecified atom stereocenters. The summed E-state index contributed by atoms with van der Waals surface area (Å²) in [6.07, 6.45) is 5.85. The van der Waals surface area contributed by atoms with E-state index in [-0.39, 0.29) is 29.8 Å². The van der Waals surface area contributed by atoms with Gasteiger partial charge in [0.1, 0.15) is 5.82 Å². The third-order valence-corrected chi connectivity index (χ3v) is 9.73. The van der Waals surface area contributed by atoms with Crippen molar-refractivity contribution in [3.8, 4) is 11.1 Å². The second-order valence-electron chi connectivity index (χ2n) is 12.9. The van der Waals surface area contributed by atoms with Crippen LogP contribution in [0.15, 0.2) is 83.7 Å². The van der Waals surface area contributed by atoms with E-state index in [1.54, 1.807) is 35.2 Å². The lowest BCUT2D eigenvalue weighted by Crippen LogP contribution is -2.34. The van der Waals surface area contributed by atoms with Gasteiger partial charge in [-0.15, -0.1) is 0 Å². The number of alkyl halides is 3. The zero-order chi connectivity index (χ0) is 31.9. The fourth-order valence-corrected chi connectivity index (χ4v) is 6.99. The Hall–Kier alpha value is -4.46. The van der Waals surface area contributed by atoms with Crippen LogP contribution in [-0.2, 0) is 35.8 Å². The fraction of sp³-hybridized carbons (Fsp3) is 0.342. The van der Waals surface area contributed by atoms with Gasteiger partial charge in [-0.25, -0.2) is 4.98 Å². The lowest BCUT2D eigenvalue weighted by molar-refractivity contribution is -0.137. The van der Waals surface area contributed by atoms with Crippen LogP contribution in [0.25, 0.3) is 16.7 Å². The summed E-state index contributed by atoms with van der Waals surface area (Å²) in [5.41, 5.74) is 5.71. The van der Waals surface area contributed by atoms with Gasteiger partial charge in [0.15, 0.2) is 0 Å². The highest BCUT2D eigenvalue weighted by Crippen LogP contribution is 2.52. The number of nitrogens with one attached hydrogen (secondary N) is 1. The molecule has 1 N–H and O–H groups in total. The molecule has 236 valence electrons. The summed E-state index contributed by atoms with van der Waals surface area (Å²) in [6.45, 7) is 0.681. The maximum absolute atomic E-state index is 13.6. The highest BCUT2D eigenvalue weighted by atomic mass is 19.4. The van der Waals surface area contributed by atoms with Gasteiger partial charge in [-0.1, -0.05) is 66.7 Å². The van der Waals surface area contributed by atoms with Crippen molar-refractivity contribution in [1.29, 1.82) is 0 Å². The molecule has 0 bridgehead atoms. The smallest absolute Gasteiger partial charge is 0.338 e. The largest absolute Gasteiger partial charge is 0.416 e. The van der Waals surface area contributed by atoms with Crippen molar-refractivity contribution < 1.29 is 18.0 Å². The van der Waals surface area contributed by atoms with Crippen molar-refractivity contribution in [2.45, 2.75) is 75.9 Å². The Labute approximate surface area is 266 Å². The van der Waals surface area contributed by atoms with Gasteiger partial charge < -0.3 is 9.88 Å². The third-order valence-electron chi connectivity index (χ3n) is 9.73. The molecule has 1 aromatic heterocycles. The fourth-order valence-electron chi connectivity index (χ4n) is 6.99. The second-order valence-corrected chi connectivity index (χ2v) is 12.9. The number of carbonyl (C=O) groups is 1. The topological polar surface area (TPSA) is 66.1 Å². The van der Waals surface area contributed by atoms with Crippen molar-refractivity contribution in [1.82, 2.24) is 14.9 Å². The predicted octanol–water partition coefficient (Wildman–Crippen LogP) is 8.01. The Morgan fingerprint density at radius 2 is 1.65 bits per heavy atom. The van der Waals surface area contributed by atoms with Crippen molar-refractivity contribution in [2.75, 3.05) is 6.54 Å². The van der Waals surface area contributed by atoms with Gasteiger partial charge >= 0.3 is 6.18 Å². The van der Waals surface area contributed by atoms with Crippen LogP contribution >= 0.6 is 0 Å². The normalized spacial score (nSPS) is 17.5. The number of hydrogen-bond donors (Lipinski definition) is 1. The predicted molar refractivity (Wildman–Crippen MR) is 172 cm³/mol. The molecule has 7 rings (SSSR count). The van der Waals surface area contributed by atoms with Gasteiger partial charge in [-0.3, -0.25) is 9.59 Å². The quantitative estimate of drug-likeness (QED) is 0.237. The number of aromatic nitrogens is 2. The van der Waals surface area contributed by atoms with Crippen LogP contribution in [0.1, 0.15) is 84.3 Å². The molecule has 1 aliphatic heterocycles. The minimum absolute atomic E-state index is 0.0848. The van der Waals surface area contributed by atoms with E-state index in [2.05, 4.69) is 35.3 Å². The van der Waals surface area contributed by atoms with Crippen LogP contribution < -0.4 is 5.56 Å². The van der Waals surface area contributed by atoms with E-state index >= 15 is 0 Å². The monoisotopic (exact) mass is 623 g/mol. The first-order chi connectivity index (χ1) is 22.2. The number of benzene rings is 3. The van der Waals surface area contributed by atoms with Gasteiger partial charge in [0.25, 0.3) is 5.56 Å². The van der Waals surface area contributed by atoms with E-state index in [9.17, 15) is 22.8 Å². The first-order valence-corrected chi connectivity index (χ1v) is 16.2. The lowest BCUT2D eigenvalue weighted by atomic mass is 9.88. The zero-order valence-electron chi connectivity index (χ0n) is 25.6. The molecule has 5 nitrogen and oxygen atoms in total. The number of halogens is 3. The maximum Gasteiger partial charge on any atom is 0.416 e. The molecule has 2 aliphatic carbocycles. The van der Waals surface area contributed by atoms with Gasteiger partial charge in [0.05, 0.1) is 35.2 Å². The molecular weight excluding hydrogens is 587 g/mol. The molecule has 1 fully saturated rings. The number of fused-ring (bicyclic) bond motifs is 1. The highest BCUT2D eigenvalue weighted by molar-refractivity contribution is 5.79. The summed E-state index contributed by atoms with van der Waals surface area (Å²) >= 11 is 0. The first kappa shape index (κ1) is 30.2. The number of nitrogens with zero attached hydrogens (tertiary/aromatic N) is 2. The Morgan fingerprint density at radius 3 is 2.41 bits per heavy atom. The highest BCUT2D eigenvalue weighted by Gasteiger charge is 2.49. The molecule has 1 saturated carbocycles. The van der Waals surface area contributed by atoms with Crippen LogP contribution in [-0.4, -0.2) is 27.3 Å². The van der Waals surface area contributed by atoms with E-state index in [1.807, 2.05) is 0 Å². The average Bonchev–Trinajstić information content (AvgIpc) is 3.90. The van der Waals surface area contributed by atoms with Crippen LogP contribution in [0.3, 0.4) is 0 Å². The SMILES string of the molecule is O=C(Cc1cccc(-c2cccc(C(F)(F)F)c2)c1)N1CCCc2nc(C3(c4cccc(C5=CCCCC5)c4)CC3)[nH]c(=O)c2C1. The Morgan fingerprint density at radius 1 is 0.891 bits per heavy atom. The van der Waals surface area contributed by atoms with E-state index in [4.69, 9.17) is 4.98 Å². The Bertz CT molecular complexity index is 1890. The number of carbonyl (C=O) groups excluding carboxylic acids is 1. The van der Waals surface area contributed by atoms with Gasteiger partial charge in [-0.2, -0.15) is 13.2 Å². The van der Waals surface area contributed by atoms with E-state index in [0.717, 1.165) is 49.3 Å². The molecule has 4 aromatic rings. The van der Waals surface area contributed by atoms with Crippen LogP contribution in [0.2, 0.25) is 0 Å². The molecular formula is C38H36F3N3O2. The van der Waals surface area contributed by atoms with E-state index in [0.29, 0.717) is 41.6 Å². The summed E-state index contributed by atoms with van der Waals surface area (Å²) in [6, 6.07) is 21.0. The van der Waals surface area contributed by atoms with Gasteiger partial charge in [-0.05, 0) is 96.9 Å². The second kappa shape index (κ2) is 12.0. The molecule has 46 heavy (non-hydrogen) atoms. The number of amides is 1. The third kappa shape index (κ3) is 6.05. The minimum atomic E-state index is -4.43. The summed E-state index contributed by atoms with van der Waals surface area (Å²) in [4.78, 5) is 36.9. The van der Waals surface area contributed by atoms with Crippen LogP contribution in [0.5, 0.6) is 0 Å². The van der Waals surface area contributed by atoms with Gasteiger partial charge in [0, 0.05) is 6.54 Å². The van der Waals surface area contributed by atoms with Crippen molar-refractivity contribution in [3.63, 3.8) is 0 Å². The Balaban J connectivity index is 1.09. The summed E-state index contributed by atoms with van der Waals surface area (Å²) in [5, 5.41) is 0. The van der Waals surface area contributed by atoms with E-state index < -0.39 is 11.7 Å². The number of H-pyrrole nitrogens is 1. The zero-order valence-corrected chi connectivity index (χ0v) is 25.6. The number of rotatable bonds is 6. The van der Waals surface area contributed by atoms with Gasteiger partial charge in [0.2, 0.25) is 5.91 Å². The minimum Gasteiger partial charge on any atom is -0.338 e. The summed E-state index contributed by atoms with van der Waals surface area (Å²) in [7, 11) is 0. The summed E-state index contributed by atoms with van der Waals surface area (Å²) in [5.74, 6) is 0.585. The molecule has 8 heteroatoms. The Kier molecular flexibility index (Phi) is 7.91. The number of allylic oxidation sites excluding steroid dienone is 2. The molecule has 0 saturated heterocycles. The number of aromatic amines is 1. The standard InChI is InChI=1S/C38H36F3N3O2/c39-38(40,41)31-15-6-13-29(23-31)27-11-4-8-25(20-27)21-34(45)44-19-7-16-33-32(24-44)35(46)43-36(42-33)37(17-18-37)30-14-5-12-28(22-30)26-9-2-1-3-10-26/h4-6,8-9,11-15,20,22-23H,1-3,7,10,16-19,21,24H2,(H,42,43,46).